The standard InChI is InChI=1S/2C11H17N3.C10H15N3.3C2H6/c1-7(2)11-9-6-12-5-4-10(9)13-8(3)14-11;1-7(2)11-9-4-5-12-6-10(9)13-8(3)14-11;1-6(2)10-8-4-11-5-9(8)12-7(3)13-10;3*1-2/h2*7,12H,4-6H2,1-3H3;6,11H,4-5H2,1-3H3;3*1-2H3. The van der Waals surface area contributed by atoms with E-state index in [1.165, 1.54) is 50.9 Å². The van der Waals surface area contributed by atoms with Gasteiger partial charge in [-0.2, -0.15) is 0 Å². The number of nitrogens with zero attached hydrogens (tertiary/aromatic N) is 6. The van der Waals surface area contributed by atoms with E-state index in [1.54, 1.807) is 0 Å². The molecule has 47 heavy (non-hydrogen) atoms. The van der Waals surface area contributed by atoms with Gasteiger partial charge in [0.25, 0.3) is 0 Å². The van der Waals surface area contributed by atoms with Gasteiger partial charge in [-0.3, -0.25) is 0 Å². The maximum absolute atomic E-state index is 4.55. The van der Waals surface area contributed by atoms with E-state index in [9.17, 15) is 0 Å². The second kappa shape index (κ2) is 21.9. The van der Waals surface area contributed by atoms with Crippen LogP contribution in [-0.2, 0) is 39.0 Å². The third-order valence-electron chi connectivity index (χ3n) is 7.63. The summed E-state index contributed by atoms with van der Waals surface area (Å²) >= 11 is 0. The van der Waals surface area contributed by atoms with Crippen LogP contribution in [0.1, 0.15) is 169 Å². The molecule has 9 nitrogen and oxygen atoms in total. The zero-order chi connectivity index (χ0) is 35.7. The van der Waals surface area contributed by atoms with Crippen molar-refractivity contribution in [2.45, 2.75) is 161 Å². The molecule has 6 heterocycles. The van der Waals surface area contributed by atoms with E-state index < -0.39 is 0 Å². The molecular weight excluding hydrogens is 582 g/mol. The second-order valence-electron chi connectivity index (χ2n) is 12.2. The molecule has 0 unspecified atom stereocenters. The van der Waals surface area contributed by atoms with Crippen LogP contribution in [-0.4, -0.2) is 43.0 Å². The van der Waals surface area contributed by atoms with Crippen LogP contribution >= 0.6 is 0 Å². The van der Waals surface area contributed by atoms with Gasteiger partial charge in [0.15, 0.2) is 0 Å². The minimum Gasteiger partial charge on any atom is -0.312 e. The van der Waals surface area contributed by atoms with E-state index in [2.05, 4.69) is 87.4 Å². The maximum Gasteiger partial charge on any atom is 0.125 e. The zero-order valence-corrected chi connectivity index (χ0v) is 32.6. The Morgan fingerprint density at radius 1 is 0.404 bits per heavy atom. The molecule has 0 saturated carbocycles. The van der Waals surface area contributed by atoms with E-state index in [0.29, 0.717) is 17.8 Å². The molecule has 0 aromatic carbocycles. The Bertz CT molecular complexity index is 1280. The highest BCUT2D eigenvalue weighted by Gasteiger charge is 2.20. The van der Waals surface area contributed by atoms with Gasteiger partial charge in [-0.05, 0) is 57.1 Å². The molecule has 0 radical (unpaired) electrons. The van der Waals surface area contributed by atoms with Crippen molar-refractivity contribution in [3.8, 4) is 0 Å². The first-order valence-corrected chi connectivity index (χ1v) is 18.3. The Morgan fingerprint density at radius 3 is 1.23 bits per heavy atom. The van der Waals surface area contributed by atoms with Crippen molar-refractivity contribution >= 4 is 0 Å². The van der Waals surface area contributed by atoms with Gasteiger partial charge in [0.1, 0.15) is 17.5 Å². The first-order valence-electron chi connectivity index (χ1n) is 18.3. The van der Waals surface area contributed by atoms with E-state index in [4.69, 9.17) is 0 Å². The number of hydrogen-bond donors (Lipinski definition) is 3. The molecule has 0 bridgehead atoms. The lowest BCUT2D eigenvalue weighted by Crippen LogP contribution is -2.27. The quantitative estimate of drug-likeness (QED) is 0.263. The minimum absolute atomic E-state index is 0.491. The summed E-state index contributed by atoms with van der Waals surface area (Å²) < 4.78 is 0. The topological polar surface area (TPSA) is 113 Å². The number of aryl methyl sites for hydroxylation is 3. The summed E-state index contributed by atoms with van der Waals surface area (Å²) in [5.74, 6) is 4.20. The summed E-state index contributed by atoms with van der Waals surface area (Å²) in [7, 11) is 0. The van der Waals surface area contributed by atoms with Gasteiger partial charge in [0, 0.05) is 50.3 Å². The van der Waals surface area contributed by atoms with Gasteiger partial charge in [-0.25, -0.2) is 29.9 Å². The van der Waals surface area contributed by atoms with Crippen LogP contribution in [0, 0.1) is 20.8 Å². The number of rotatable bonds is 3. The van der Waals surface area contributed by atoms with Crippen molar-refractivity contribution in [3.05, 3.63) is 68.3 Å². The Hall–Kier alpha value is -2.88. The molecule has 6 rings (SSSR count). The zero-order valence-electron chi connectivity index (χ0n) is 32.6. The SMILES string of the molecule is CC.CC.CC.Cc1nc2c(c(C(C)C)n1)CCNC2.Cc1nc2c(c(C(C)C)n1)CNC2.Cc1nc2c(c(C(C)C)n1)CNCC2. The van der Waals surface area contributed by atoms with Crippen LogP contribution in [0.4, 0.5) is 0 Å². The van der Waals surface area contributed by atoms with Gasteiger partial charge in [0.05, 0.1) is 34.2 Å². The van der Waals surface area contributed by atoms with Crippen molar-refractivity contribution in [1.29, 1.82) is 0 Å². The van der Waals surface area contributed by atoms with E-state index in [1.807, 2.05) is 62.3 Å². The number of hydrogen-bond acceptors (Lipinski definition) is 9. The van der Waals surface area contributed by atoms with Gasteiger partial charge in [-0.15, -0.1) is 0 Å². The highest BCUT2D eigenvalue weighted by molar-refractivity contribution is 5.32. The number of fused-ring (bicyclic) bond motifs is 3. The Balaban J connectivity index is 0.000000326. The largest absolute Gasteiger partial charge is 0.312 e. The monoisotopic (exact) mass is 650 g/mol. The predicted octanol–water partition coefficient (Wildman–Crippen LogP) is 7.70. The highest BCUT2D eigenvalue weighted by Crippen LogP contribution is 2.24. The van der Waals surface area contributed by atoms with Crippen LogP contribution in [0.5, 0.6) is 0 Å². The molecule has 0 saturated heterocycles. The first kappa shape index (κ1) is 42.1. The Labute approximate surface area is 287 Å². The van der Waals surface area contributed by atoms with E-state index >= 15 is 0 Å². The molecule has 0 fully saturated rings. The molecule has 0 spiro atoms. The number of nitrogens with one attached hydrogen (secondary N) is 3. The normalized spacial score (nSPS) is 13.9. The van der Waals surface area contributed by atoms with Crippen molar-refractivity contribution in [2.24, 2.45) is 0 Å². The lowest BCUT2D eigenvalue weighted by Gasteiger charge is -2.21. The van der Waals surface area contributed by atoms with Crippen LogP contribution in [0.3, 0.4) is 0 Å². The average Bonchev–Trinajstić information content (AvgIpc) is 3.55. The number of aromatic nitrogens is 6. The summed E-state index contributed by atoms with van der Waals surface area (Å²) in [6, 6.07) is 0. The fourth-order valence-electron chi connectivity index (χ4n) is 5.77. The maximum atomic E-state index is 4.55. The van der Waals surface area contributed by atoms with Crippen molar-refractivity contribution in [2.75, 3.05) is 13.1 Å². The van der Waals surface area contributed by atoms with Gasteiger partial charge in [-0.1, -0.05) is 83.1 Å². The van der Waals surface area contributed by atoms with Gasteiger partial charge >= 0.3 is 0 Å². The lowest BCUT2D eigenvalue weighted by molar-refractivity contribution is 0.603. The first-order chi connectivity index (χ1) is 22.5. The van der Waals surface area contributed by atoms with Crippen molar-refractivity contribution < 1.29 is 0 Å². The highest BCUT2D eigenvalue weighted by atomic mass is 15.0. The Kier molecular flexibility index (Phi) is 19.6. The van der Waals surface area contributed by atoms with Crippen LogP contribution in [0.2, 0.25) is 0 Å². The third-order valence-corrected chi connectivity index (χ3v) is 7.63. The van der Waals surface area contributed by atoms with Crippen molar-refractivity contribution in [1.82, 2.24) is 45.9 Å². The van der Waals surface area contributed by atoms with Crippen molar-refractivity contribution in [3.63, 3.8) is 0 Å². The molecular formula is C38H67N9. The van der Waals surface area contributed by atoms with Gasteiger partial charge in [0.2, 0.25) is 0 Å². The minimum atomic E-state index is 0.491. The van der Waals surface area contributed by atoms with Crippen LogP contribution < -0.4 is 16.0 Å². The molecule has 0 atom stereocenters. The fourth-order valence-corrected chi connectivity index (χ4v) is 5.77. The molecule has 3 aliphatic rings. The average molecular weight is 650 g/mol. The molecule has 3 aromatic rings. The second-order valence-corrected chi connectivity index (χ2v) is 12.2. The van der Waals surface area contributed by atoms with E-state index in [-0.39, 0.29) is 0 Å². The molecule has 9 heteroatoms. The molecule has 3 aromatic heterocycles. The predicted molar refractivity (Wildman–Crippen MR) is 198 cm³/mol. The molecule has 264 valence electrons. The fraction of sp³-hybridized carbons (Fsp3) is 0.684. The summed E-state index contributed by atoms with van der Waals surface area (Å²) in [5.41, 5.74) is 11.4. The molecule has 3 N–H and O–H groups in total. The van der Waals surface area contributed by atoms with Crippen LogP contribution in [0.15, 0.2) is 0 Å². The van der Waals surface area contributed by atoms with E-state index in [0.717, 1.165) is 69.6 Å². The smallest absolute Gasteiger partial charge is 0.125 e. The third kappa shape index (κ3) is 12.3. The summed E-state index contributed by atoms with van der Waals surface area (Å²) in [6.07, 6.45) is 2.11. The summed E-state index contributed by atoms with van der Waals surface area (Å²) in [4.78, 5) is 27.0. The molecule has 0 amide bonds. The van der Waals surface area contributed by atoms with Crippen LogP contribution in [0.25, 0.3) is 0 Å². The summed E-state index contributed by atoms with van der Waals surface area (Å²) in [6.45, 7) is 36.8. The molecule has 3 aliphatic heterocycles. The van der Waals surface area contributed by atoms with Gasteiger partial charge < -0.3 is 16.0 Å². The Morgan fingerprint density at radius 2 is 0.745 bits per heavy atom. The lowest BCUT2D eigenvalue weighted by atomic mass is 9.97. The molecule has 0 aliphatic carbocycles. The summed E-state index contributed by atoms with van der Waals surface area (Å²) in [5, 5.41) is 10.0.